The second-order valence-corrected chi connectivity index (χ2v) is 8.80. The number of nitrogens with zero attached hydrogens (tertiary/aromatic N) is 2. The van der Waals surface area contributed by atoms with Gasteiger partial charge in [-0.1, -0.05) is 20.8 Å². The molecule has 3 atom stereocenters. The molecule has 4 nitrogen and oxygen atoms in total. The van der Waals surface area contributed by atoms with Crippen molar-refractivity contribution in [2.45, 2.75) is 59.3 Å². The first kappa shape index (κ1) is 17.8. The van der Waals surface area contributed by atoms with Crippen LogP contribution in [0.15, 0.2) is 0 Å². The fraction of sp³-hybridized carbons (Fsp3) is 0.900. The highest BCUT2D eigenvalue weighted by Crippen LogP contribution is 2.38. The fourth-order valence-electron chi connectivity index (χ4n) is 4.56. The van der Waals surface area contributed by atoms with E-state index < -0.39 is 0 Å². The van der Waals surface area contributed by atoms with Crippen molar-refractivity contribution in [1.29, 1.82) is 0 Å². The highest BCUT2D eigenvalue weighted by atomic mass is 16.2. The number of amides is 2. The Morgan fingerprint density at radius 1 is 0.917 bits per heavy atom. The SMILES string of the molecule is CC(C)CC(=O)N1CCC(C2CCCN(C(=O)C(C)C3CC3)C2)C1. The van der Waals surface area contributed by atoms with Crippen molar-refractivity contribution >= 4 is 11.8 Å². The summed E-state index contributed by atoms with van der Waals surface area (Å²) in [6.07, 6.45) is 6.61. The molecule has 2 heterocycles. The molecule has 3 aliphatic rings. The molecule has 1 saturated carbocycles. The molecule has 136 valence electrons. The monoisotopic (exact) mass is 334 g/mol. The lowest BCUT2D eigenvalue weighted by Crippen LogP contribution is -2.45. The lowest BCUT2D eigenvalue weighted by molar-refractivity contribution is -0.138. The van der Waals surface area contributed by atoms with E-state index in [0.717, 1.165) is 39.0 Å². The highest BCUT2D eigenvalue weighted by Gasteiger charge is 2.39. The van der Waals surface area contributed by atoms with E-state index >= 15 is 0 Å². The maximum absolute atomic E-state index is 12.7. The number of hydrogen-bond donors (Lipinski definition) is 0. The molecule has 2 saturated heterocycles. The Labute approximate surface area is 146 Å². The molecule has 1 aliphatic carbocycles. The third kappa shape index (κ3) is 4.12. The molecule has 3 rings (SSSR count). The van der Waals surface area contributed by atoms with Crippen LogP contribution in [0.1, 0.15) is 59.3 Å². The Hall–Kier alpha value is -1.06. The van der Waals surface area contributed by atoms with Gasteiger partial charge in [-0.2, -0.15) is 0 Å². The second kappa shape index (κ2) is 7.45. The molecule has 2 aliphatic heterocycles. The van der Waals surface area contributed by atoms with Gasteiger partial charge in [-0.25, -0.2) is 0 Å². The number of likely N-dealkylation sites (tertiary alicyclic amines) is 2. The van der Waals surface area contributed by atoms with Gasteiger partial charge in [0.2, 0.25) is 11.8 Å². The van der Waals surface area contributed by atoms with E-state index in [1.54, 1.807) is 0 Å². The van der Waals surface area contributed by atoms with Crippen LogP contribution >= 0.6 is 0 Å². The minimum absolute atomic E-state index is 0.219. The van der Waals surface area contributed by atoms with Crippen LogP contribution in [0.25, 0.3) is 0 Å². The first-order chi connectivity index (χ1) is 11.5. The summed E-state index contributed by atoms with van der Waals surface area (Å²) < 4.78 is 0. The summed E-state index contributed by atoms with van der Waals surface area (Å²) in [7, 11) is 0. The van der Waals surface area contributed by atoms with Gasteiger partial charge in [-0.05, 0) is 55.8 Å². The molecule has 0 radical (unpaired) electrons. The summed E-state index contributed by atoms with van der Waals surface area (Å²) in [5, 5.41) is 0. The lowest BCUT2D eigenvalue weighted by atomic mass is 9.84. The quantitative estimate of drug-likeness (QED) is 0.775. The van der Waals surface area contributed by atoms with Crippen LogP contribution in [0.3, 0.4) is 0 Å². The first-order valence-electron chi connectivity index (χ1n) is 10.0. The number of rotatable bonds is 5. The summed E-state index contributed by atoms with van der Waals surface area (Å²) in [6.45, 7) is 10.0. The lowest BCUT2D eigenvalue weighted by Gasteiger charge is -2.37. The third-order valence-electron chi connectivity index (χ3n) is 6.32. The van der Waals surface area contributed by atoms with Gasteiger partial charge in [0.05, 0.1) is 0 Å². The molecular formula is C20H34N2O2. The predicted octanol–water partition coefficient (Wildman–Crippen LogP) is 3.17. The van der Waals surface area contributed by atoms with Gasteiger partial charge in [0, 0.05) is 38.5 Å². The zero-order chi connectivity index (χ0) is 17.3. The molecule has 2 amide bonds. The Morgan fingerprint density at radius 3 is 2.25 bits per heavy atom. The van der Waals surface area contributed by atoms with Crippen molar-refractivity contribution < 1.29 is 9.59 Å². The zero-order valence-corrected chi connectivity index (χ0v) is 15.7. The third-order valence-corrected chi connectivity index (χ3v) is 6.32. The van der Waals surface area contributed by atoms with Crippen molar-refractivity contribution in [3.8, 4) is 0 Å². The summed E-state index contributed by atoms with van der Waals surface area (Å²) in [6, 6.07) is 0. The Kier molecular flexibility index (Phi) is 5.51. The topological polar surface area (TPSA) is 40.6 Å². The average molecular weight is 335 g/mol. The maximum Gasteiger partial charge on any atom is 0.225 e. The van der Waals surface area contributed by atoms with Crippen LogP contribution < -0.4 is 0 Å². The summed E-state index contributed by atoms with van der Waals surface area (Å²) >= 11 is 0. The van der Waals surface area contributed by atoms with Crippen LogP contribution in [-0.4, -0.2) is 47.8 Å². The number of carbonyl (C=O) groups is 2. The molecule has 0 aromatic heterocycles. The van der Waals surface area contributed by atoms with Crippen LogP contribution in [0, 0.1) is 29.6 Å². The van der Waals surface area contributed by atoms with Crippen molar-refractivity contribution in [2.75, 3.05) is 26.2 Å². The zero-order valence-electron chi connectivity index (χ0n) is 15.7. The van der Waals surface area contributed by atoms with Gasteiger partial charge in [-0.3, -0.25) is 9.59 Å². The molecule has 0 bridgehead atoms. The predicted molar refractivity (Wildman–Crippen MR) is 95.3 cm³/mol. The van der Waals surface area contributed by atoms with E-state index in [1.165, 1.54) is 19.3 Å². The van der Waals surface area contributed by atoms with Gasteiger partial charge in [-0.15, -0.1) is 0 Å². The largest absolute Gasteiger partial charge is 0.342 e. The number of carbonyl (C=O) groups excluding carboxylic acids is 2. The molecule has 0 aromatic carbocycles. The average Bonchev–Trinajstić information content (AvgIpc) is 3.29. The van der Waals surface area contributed by atoms with Crippen molar-refractivity contribution in [3.05, 3.63) is 0 Å². The standard InChI is InChI=1S/C20H34N2O2/c1-14(2)11-19(23)21-10-8-18(12-21)17-5-4-9-22(13-17)20(24)15(3)16-6-7-16/h14-18H,4-13H2,1-3H3. The van der Waals surface area contributed by atoms with E-state index in [4.69, 9.17) is 0 Å². The molecule has 0 N–H and O–H groups in total. The molecule has 3 unspecified atom stereocenters. The smallest absolute Gasteiger partial charge is 0.225 e. The van der Waals surface area contributed by atoms with E-state index in [0.29, 0.717) is 41.9 Å². The van der Waals surface area contributed by atoms with Gasteiger partial charge < -0.3 is 9.80 Å². The number of hydrogen-bond acceptors (Lipinski definition) is 2. The van der Waals surface area contributed by atoms with E-state index in [9.17, 15) is 9.59 Å². The molecule has 0 aromatic rings. The first-order valence-corrected chi connectivity index (χ1v) is 10.0. The normalized spacial score (nSPS) is 29.2. The molecule has 4 heteroatoms. The van der Waals surface area contributed by atoms with Crippen LogP contribution in [0.2, 0.25) is 0 Å². The van der Waals surface area contributed by atoms with E-state index in [1.807, 2.05) is 0 Å². The van der Waals surface area contributed by atoms with E-state index in [-0.39, 0.29) is 5.92 Å². The minimum atomic E-state index is 0.219. The van der Waals surface area contributed by atoms with Gasteiger partial charge in [0.25, 0.3) is 0 Å². The van der Waals surface area contributed by atoms with Gasteiger partial charge in [0.1, 0.15) is 0 Å². The Bertz CT molecular complexity index is 472. The second-order valence-electron chi connectivity index (χ2n) is 8.80. The summed E-state index contributed by atoms with van der Waals surface area (Å²) in [5.41, 5.74) is 0. The van der Waals surface area contributed by atoms with Crippen molar-refractivity contribution in [2.24, 2.45) is 29.6 Å². The Morgan fingerprint density at radius 2 is 1.58 bits per heavy atom. The molecule has 0 spiro atoms. The van der Waals surface area contributed by atoms with Crippen molar-refractivity contribution in [3.63, 3.8) is 0 Å². The summed E-state index contributed by atoms with van der Waals surface area (Å²) in [5.74, 6) is 3.18. The highest BCUT2D eigenvalue weighted by molar-refractivity contribution is 5.79. The Balaban J connectivity index is 1.52. The molecule has 3 fully saturated rings. The van der Waals surface area contributed by atoms with Crippen LogP contribution in [0.4, 0.5) is 0 Å². The van der Waals surface area contributed by atoms with Crippen LogP contribution in [-0.2, 0) is 9.59 Å². The summed E-state index contributed by atoms with van der Waals surface area (Å²) in [4.78, 5) is 29.2. The van der Waals surface area contributed by atoms with Crippen molar-refractivity contribution in [1.82, 2.24) is 9.80 Å². The number of piperidine rings is 1. The van der Waals surface area contributed by atoms with Crippen LogP contribution in [0.5, 0.6) is 0 Å². The molecule has 24 heavy (non-hydrogen) atoms. The van der Waals surface area contributed by atoms with Gasteiger partial charge >= 0.3 is 0 Å². The fourth-order valence-corrected chi connectivity index (χ4v) is 4.56. The van der Waals surface area contributed by atoms with Gasteiger partial charge in [0.15, 0.2) is 0 Å². The molecular weight excluding hydrogens is 300 g/mol. The minimum Gasteiger partial charge on any atom is -0.342 e. The van der Waals surface area contributed by atoms with E-state index in [2.05, 4.69) is 30.6 Å². The maximum atomic E-state index is 12.7.